The van der Waals surface area contributed by atoms with Crippen LogP contribution >= 0.6 is 0 Å². The van der Waals surface area contributed by atoms with Crippen LogP contribution in [0.1, 0.15) is 24.8 Å². The number of nitrogens with zero attached hydrogens (tertiary/aromatic N) is 1. The third kappa shape index (κ3) is 4.18. The van der Waals surface area contributed by atoms with Crippen molar-refractivity contribution in [3.63, 3.8) is 0 Å². The maximum absolute atomic E-state index is 11.3. The van der Waals surface area contributed by atoms with Gasteiger partial charge in [0.25, 0.3) is 0 Å². The molecule has 5 heteroatoms. The van der Waals surface area contributed by atoms with Crippen LogP contribution < -0.4 is 9.47 Å². The maximum Gasteiger partial charge on any atom is 0.128 e. The molecule has 0 saturated carbocycles. The molecule has 2 N–H and O–H groups in total. The fraction of sp³-hybridized carbons (Fsp3) is 0.333. The van der Waals surface area contributed by atoms with Crippen LogP contribution in [-0.4, -0.2) is 48.3 Å². The van der Waals surface area contributed by atoms with Crippen LogP contribution in [0.4, 0.5) is 0 Å². The van der Waals surface area contributed by atoms with Gasteiger partial charge in [-0.3, -0.25) is 0 Å². The van der Waals surface area contributed by atoms with E-state index in [0.717, 1.165) is 77.6 Å². The first-order valence-corrected chi connectivity index (χ1v) is 11.4. The summed E-state index contributed by atoms with van der Waals surface area (Å²) in [5.74, 6) is 1.79. The van der Waals surface area contributed by atoms with Crippen molar-refractivity contribution >= 4 is 21.7 Å². The number of nitrogens with one attached hydrogen (secondary N) is 1. The predicted molar refractivity (Wildman–Crippen MR) is 128 cm³/mol. The molecule has 4 aromatic rings. The van der Waals surface area contributed by atoms with E-state index < -0.39 is 5.60 Å². The number of hydrogen-bond acceptors (Lipinski definition) is 4. The van der Waals surface area contributed by atoms with Crippen LogP contribution in [0.25, 0.3) is 21.7 Å². The highest BCUT2D eigenvalue weighted by atomic mass is 16.5. The number of H-pyrrole nitrogens is 1. The molecule has 0 spiro atoms. The Hall–Kier alpha value is -3.02. The molecule has 0 radical (unpaired) electrons. The molecule has 0 atom stereocenters. The van der Waals surface area contributed by atoms with E-state index in [1.807, 2.05) is 30.5 Å². The Balaban J connectivity index is 1.14. The van der Waals surface area contributed by atoms with E-state index in [-0.39, 0.29) is 0 Å². The SMILES string of the molecule is COc1ccc2cc(C3(O)CCN(CCCOc4cccc5[nH]ccc45)CC3)ccc2c1. The molecule has 3 aromatic carbocycles. The van der Waals surface area contributed by atoms with Crippen molar-refractivity contribution in [2.45, 2.75) is 24.9 Å². The molecule has 166 valence electrons. The van der Waals surface area contributed by atoms with E-state index in [2.05, 4.69) is 46.3 Å². The third-order valence-electron chi connectivity index (χ3n) is 6.70. The van der Waals surface area contributed by atoms with E-state index in [1.54, 1.807) is 7.11 Å². The first-order valence-electron chi connectivity index (χ1n) is 11.4. The minimum Gasteiger partial charge on any atom is -0.497 e. The van der Waals surface area contributed by atoms with Crippen LogP contribution in [0, 0.1) is 0 Å². The summed E-state index contributed by atoms with van der Waals surface area (Å²) in [6.07, 6.45) is 4.41. The van der Waals surface area contributed by atoms with E-state index in [0.29, 0.717) is 6.61 Å². The number of ether oxygens (including phenoxy) is 2. The number of aliphatic hydroxyl groups is 1. The molecule has 1 fully saturated rings. The Morgan fingerprint density at radius 3 is 2.66 bits per heavy atom. The van der Waals surface area contributed by atoms with Crippen molar-refractivity contribution in [1.29, 1.82) is 0 Å². The second-order valence-electron chi connectivity index (χ2n) is 8.70. The zero-order valence-electron chi connectivity index (χ0n) is 18.5. The lowest BCUT2D eigenvalue weighted by Gasteiger charge is -2.38. The van der Waals surface area contributed by atoms with Crippen molar-refractivity contribution in [3.05, 3.63) is 72.4 Å². The molecule has 5 rings (SSSR count). The molecule has 0 unspecified atom stereocenters. The first kappa shape index (κ1) is 20.9. The Bertz CT molecular complexity index is 1210. The van der Waals surface area contributed by atoms with Gasteiger partial charge in [0.05, 0.1) is 19.3 Å². The highest BCUT2D eigenvalue weighted by Crippen LogP contribution is 2.35. The number of likely N-dealkylation sites (tertiary alicyclic amines) is 1. The highest BCUT2D eigenvalue weighted by Gasteiger charge is 2.33. The fourth-order valence-corrected chi connectivity index (χ4v) is 4.73. The van der Waals surface area contributed by atoms with Crippen LogP contribution in [0.5, 0.6) is 11.5 Å². The first-order chi connectivity index (χ1) is 15.6. The van der Waals surface area contributed by atoms with Gasteiger partial charge in [-0.1, -0.05) is 24.3 Å². The van der Waals surface area contributed by atoms with Crippen molar-refractivity contribution in [2.75, 3.05) is 33.4 Å². The zero-order chi connectivity index (χ0) is 22.0. The van der Waals surface area contributed by atoms with Crippen LogP contribution in [0.15, 0.2) is 66.9 Å². The number of fused-ring (bicyclic) bond motifs is 2. The Kier molecular flexibility index (Phi) is 5.77. The van der Waals surface area contributed by atoms with Gasteiger partial charge in [0, 0.05) is 36.7 Å². The molecular weight excluding hydrogens is 400 g/mol. The molecule has 1 aromatic heterocycles. The number of rotatable bonds is 7. The lowest BCUT2D eigenvalue weighted by Crippen LogP contribution is -2.43. The Morgan fingerprint density at radius 1 is 1.00 bits per heavy atom. The fourth-order valence-electron chi connectivity index (χ4n) is 4.73. The van der Waals surface area contributed by atoms with Gasteiger partial charge < -0.3 is 24.5 Å². The molecule has 0 bridgehead atoms. The van der Waals surface area contributed by atoms with Gasteiger partial charge in [-0.15, -0.1) is 0 Å². The van der Waals surface area contributed by atoms with Crippen LogP contribution in [0.2, 0.25) is 0 Å². The van der Waals surface area contributed by atoms with Crippen LogP contribution in [0.3, 0.4) is 0 Å². The average Bonchev–Trinajstić information content (AvgIpc) is 3.32. The molecule has 2 heterocycles. The number of hydrogen-bond donors (Lipinski definition) is 2. The Labute approximate surface area is 188 Å². The predicted octanol–water partition coefficient (Wildman–Crippen LogP) is 5.08. The summed E-state index contributed by atoms with van der Waals surface area (Å²) in [5.41, 5.74) is 1.36. The Morgan fingerprint density at radius 2 is 1.81 bits per heavy atom. The third-order valence-corrected chi connectivity index (χ3v) is 6.70. The molecular formula is C27H30N2O3. The number of aromatic nitrogens is 1. The van der Waals surface area contributed by atoms with Gasteiger partial charge in [-0.05, 0) is 72.0 Å². The number of piperidine rings is 1. The van der Waals surface area contributed by atoms with Crippen molar-refractivity contribution < 1.29 is 14.6 Å². The lowest BCUT2D eigenvalue weighted by atomic mass is 9.83. The van der Waals surface area contributed by atoms with Gasteiger partial charge in [0.15, 0.2) is 0 Å². The maximum atomic E-state index is 11.3. The van der Waals surface area contributed by atoms with E-state index in [4.69, 9.17) is 9.47 Å². The minimum atomic E-state index is -0.759. The summed E-state index contributed by atoms with van der Waals surface area (Å²) in [6.45, 7) is 3.46. The highest BCUT2D eigenvalue weighted by molar-refractivity contribution is 5.86. The average molecular weight is 431 g/mol. The van der Waals surface area contributed by atoms with Gasteiger partial charge in [-0.2, -0.15) is 0 Å². The van der Waals surface area contributed by atoms with E-state index in [1.165, 1.54) is 0 Å². The van der Waals surface area contributed by atoms with Gasteiger partial charge in [-0.25, -0.2) is 0 Å². The van der Waals surface area contributed by atoms with E-state index in [9.17, 15) is 5.11 Å². The zero-order valence-corrected chi connectivity index (χ0v) is 18.5. The molecule has 0 amide bonds. The topological polar surface area (TPSA) is 57.7 Å². The second kappa shape index (κ2) is 8.85. The smallest absolute Gasteiger partial charge is 0.128 e. The molecule has 0 aliphatic carbocycles. The lowest BCUT2D eigenvalue weighted by molar-refractivity contribution is -0.0263. The minimum absolute atomic E-state index is 0.694. The summed E-state index contributed by atoms with van der Waals surface area (Å²) in [5, 5.41) is 14.7. The molecule has 1 aliphatic rings. The summed E-state index contributed by atoms with van der Waals surface area (Å²) < 4.78 is 11.3. The van der Waals surface area contributed by atoms with Crippen molar-refractivity contribution in [2.24, 2.45) is 0 Å². The van der Waals surface area contributed by atoms with Gasteiger partial charge in [0.1, 0.15) is 11.5 Å². The number of methoxy groups -OCH3 is 1. The van der Waals surface area contributed by atoms with Crippen LogP contribution in [-0.2, 0) is 5.60 Å². The molecule has 5 nitrogen and oxygen atoms in total. The van der Waals surface area contributed by atoms with Gasteiger partial charge in [0.2, 0.25) is 0 Å². The normalized spacial score (nSPS) is 16.4. The number of benzene rings is 3. The molecule has 32 heavy (non-hydrogen) atoms. The standard InChI is InChI=1S/C27H30N2O3/c1-31-23-9-7-20-18-22(8-6-21(20)19-23)27(30)11-15-29(16-12-27)14-3-17-32-26-5-2-4-25-24(26)10-13-28-25/h2,4-10,13,18-19,28,30H,3,11-12,14-17H2,1H3. The van der Waals surface area contributed by atoms with Crippen molar-refractivity contribution in [1.82, 2.24) is 9.88 Å². The summed E-state index contributed by atoms with van der Waals surface area (Å²) >= 11 is 0. The largest absolute Gasteiger partial charge is 0.497 e. The summed E-state index contributed by atoms with van der Waals surface area (Å²) in [4.78, 5) is 5.65. The quantitative estimate of drug-likeness (QED) is 0.401. The van der Waals surface area contributed by atoms with Crippen molar-refractivity contribution in [3.8, 4) is 11.5 Å². The summed E-state index contributed by atoms with van der Waals surface area (Å²) in [7, 11) is 1.68. The van der Waals surface area contributed by atoms with Gasteiger partial charge >= 0.3 is 0 Å². The molecule has 1 aliphatic heterocycles. The number of aromatic amines is 1. The monoisotopic (exact) mass is 430 g/mol. The van der Waals surface area contributed by atoms with E-state index >= 15 is 0 Å². The second-order valence-corrected chi connectivity index (χ2v) is 8.70. The molecule has 1 saturated heterocycles. The summed E-state index contributed by atoms with van der Waals surface area (Å²) in [6, 6.07) is 20.5.